The van der Waals surface area contributed by atoms with Gasteiger partial charge in [-0.05, 0) is 18.2 Å². The predicted molar refractivity (Wildman–Crippen MR) is 92.1 cm³/mol. The van der Waals surface area contributed by atoms with Crippen molar-refractivity contribution in [3.63, 3.8) is 0 Å². The van der Waals surface area contributed by atoms with Gasteiger partial charge in [-0.15, -0.1) is 0 Å². The fraction of sp³-hybridized carbons (Fsp3) is 0.0556. The highest BCUT2D eigenvalue weighted by Gasteiger charge is 2.14. The lowest BCUT2D eigenvalue weighted by Gasteiger charge is -2.10. The van der Waals surface area contributed by atoms with Gasteiger partial charge in [-0.2, -0.15) is 8.78 Å². The summed E-state index contributed by atoms with van der Waals surface area (Å²) >= 11 is 0. The second-order valence-electron chi connectivity index (χ2n) is 5.54. The summed E-state index contributed by atoms with van der Waals surface area (Å²) in [5.74, 6) is -0.167. The summed E-state index contributed by atoms with van der Waals surface area (Å²) in [5.41, 5.74) is -0.771. The molecule has 0 unspecified atom stereocenters. The molecule has 0 atom stereocenters. The van der Waals surface area contributed by atoms with Gasteiger partial charge in [0.15, 0.2) is 0 Å². The minimum Gasteiger partial charge on any atom is -0.435 e. The molecule has 0 aliphatic carbocycles. The van der Waals surface area contributed by atoms with Gasteiger partial charge in [-0.3, -0.25) is 9.78 Å². The molecule has 6 nitrogen and oxygen atoms in total. The molecule has 2 heterocycles. The lowest BCUT2D eigenvalue weighted by molar-refractivity contribution is -0.0497. The molecule has 0 radical (unpaired) electrons. The number of hydrogen-bond donors (Lipinski definition) is 1. The summed E-state index contributed by atoms with van der Waals surface area (Å²) in [6.07, 6.45) is 3.03. The van der Waals surface area contributed by atoms with Crippen LogP contribution in [0, 0.1) is 0 Å². The summed E-state index contributed by atoms with van der Waals surface area (Å²) in [7, 11) is 0. The van der Waals surface area contributed by atoms with Crippen LogP contribution in [-0.2, 0) is 0 Å². The van der Waals surface area contributed by atoms with Crippen LogP contribution in [0.25, 0.3) is 27.4 Å². The summed E-state index contributed by atoms with van der Waals surface area (Å²) in [6, 6.07) is 10.9. The Labute approximate surface area is 144 Å². The Hall–Kier alpha value is -3.55. The van der Waals surface area contributed by atoms with Crippen LogP contribution in [0.4, 0.5) is 8.78 Å². The Morgan fingerprint density at radius 2 is 1.85 bits per heavy atom. The number of nitrogens with one attached hydrogen (secondary N) is 1. The summed E-state index contributed by atoms with van der Waals surface area (Å²) < 4.78 is 30.1. The van der Waals surface area contributed by atoms with Gasteiger partial charge < -0.3 is 9.72 Å². The summed E-state index contributed by atoms with van der Waals surface area (Å²) in [5, 5.41) is 1.47. The number of ether oxygens (including phenoxy) is 1. The van der Waals surface area contributed by atoms with Crippen molar-refractivity contribution in [2.45, 2.75) is 6.61 Å². The maximum atomic E-state index is 12.9. The lowest BCUT2D eigenvalue weighted by atomic mass is 10.1. The number of benzene rings is 2. The first kappa shape index (κ1) is 15.9. The van der Waals surface area contributed by atoms with Crippen LogP contribution in [0.1, 0.15) is 0 Å². The summed E-state index contributed by atoms with van der Waals surface area (Å²) in [4.78, 5) is 32.0. The number of hydrogen-bond acceptors (Lipinski definition) is 4. The van der Waals surface area contributed by atoms with Crippen LogP contribution < -0.4 is 16.0 Å². The van der Waals surface area contributed by atoms with Gasteiger partial charge in [0.05, 0.1) is 22.8 Å². The second kappa shape index (κ2) is 6.07. The number of halogens is 2. The number of aromatic nitrogens is 3. The van der Waals surface area contributed by atoms with Crippen molar-refractivity contribution in [3.8, 4) is 11.4 Å². The fourth-order valence-corrected chi connectivity index (χ4v) is 2.87. The quantitative estimate of drug-likeness (QED) is 0.613. The zero-order valence-corrected chi connectivity index (χ0v) is 13.1. The van der Waals surface area contributed by atoms with Gasteiger partial charge in [0.2, 0.25) is 0 Å². The minimum atomic E-state index is -3.01. The van der Waals surface area contributed by atoms with E-state index < -0.39 is 17.9 Å². The van der Waals surface area contributed by atoms with E-state index >= 15 is 0 Å². The normalized spacial score (nSPS) is 11.3. The molecule has 0 spiro atoms. The van der Waals surface area contributed by atoms with Gasteiger partial charge in [0.1, 0.15) is 5.75 Å². The average Bonchev–Trinajstić information content (AvgIpc) is 2.62. The van der Waals surface area contributed by atoms with E-state index in [4.69, 9.17) is 0 Å². The third kappa shape index (κ3) is 2.61. The molecule has 8 heteroatoms. The standard InChI is InChI=1S/C18H11F2N3O3/c19-17(20)26-11-5-6-14-13(7-11)16(24)23(18(25)22-14)15-9-21-8-10-3-1-2-4-12(10)15/h1-9,17H,(H,22,25). The van der Waals surface area contributed by atoms with Crippen molar-refractivity contribution in [3.05, 3.63) is 75.7 Å². The largest absolute Gasteiger partial charge is 0.435 e. The van der Waals surface area contributed by atoms with Crippen molar-refractivity contribution in [2.24, 2.45) is 0 Å². The van der Waals surface area contributed by atoms with Crippen LogP contribution in [0.3, 0.4) is 0 Å². The van der Waals surface area contributed by atoms with Crippen LogP contribution in [-0.4, -0.2) is 21.1 Å². The van der Waals surface area contributed by atoms with Crippen molar-refractivity contribution in [1.29, 1.82) is 0 Å². The molecule has 0 amide bonds. The highest BCUT2D eigenvalue weighted by Crippen LogP contribution is 2.21. The Bertz CT molecular complexity index is 1240. The average molecular weight is 355 g/mol. The molecule has 0 bridgehead atoms. The van der Waals surface area contributed by atoms with E-state index in [0.29, 0.717) is 11.1 Å². The van der Waals surface area contributed by atoms with Crippen molar-refractivity contribution in [2.75, 3.05) is 0 Å². The topological polar surface area (TPSA) is 77.0 Å². The highest BCUT2D eigenvalue weighted by molar-refractivity contribution is 5.89. The second-order valence-corrected chi connectivity index (χ2v) is 5.54. The first-order chi connectivity index (χ1) is 12.5. The molecule has 0 fully saturated rings. The molecule has 0 aliphatic heterocycles. The van der Waals surface area contributed by atoms with Crippen LogP contribution in [0.15, 0.2) is 64.4 Å². The number of pyridine rings is 1. The fourth-order valence-electron chi connectivity index (χ4n) is 2.87. The minimum absolute atomic E-state index is 0.0516. The smallest absolute Gasteiger partial charge is 0.387 e. The molecular formula is C18H11F2N3O3. The van der Waals surface area contributed by atoms with E-state index in [9.17, 15) is 18.4 Å². The van der Waals surface area contributed by atoms with E-state index in [0.717, 1.165) is 9.95 Å². The van der Waals surface area contributed by atoms with Gasteiger partial charge in [0, 0.05) is 17.0 Å². The maximum Gasteiger partial charge on any atom is 0.387 e. The monoisotopic (exact) mass is 355 g/mol. The molecule has 4 aromatic rings. The molecule has 0 saturated heterocycles. The molecule has 0 aliphatic rings. The van der Waals surface area contributed by atoms with Crippen LogP contribution in [0.5, 0.6) is 5.75 Å². The van der Waals surface area contributed by atoms with Crippen molar-refractivity contribution >= 4 is 21.7 Å². The van der Waals surface area contributed by atoms with Gasteiger partial charge >= 0.3 is 12.3 Å². The number of alkyl halides is 2. The van der Waals surface area contributed by atoms with E-state index in [1.54, 1.807) is 24.4 Å². The Morgan fingerprint density at radius 3 is 2.65 bits per heavy atom. The van der Waals surface area contributed by atoms with Crippen molar-refractivity contribution < 1.29 is 13.5 Å². The number of fused-ring (bicyclic) bond motifs is 2. The molecule has 1 N–H and O–H groups in total. The zero-order valence-electron chi connectivity index (χ0n) is 13.1. The predicted octanol–water partition coefficient (Wildman–Crippen LogP) is 2.83. The van der Waals surface area contributed by atoms with E-state index in [1.807, 2.05) is 6.07 Å². The van der Waals surface area contributed by atoms with E-state index in [2.05, 4.69) is 14.7 Å². The van der Waals surface area contributed by atoms with Gasteiger partial charge in [0.25, 0.3) is 5.56 Å². The van der Waals surface area contributed by atoms with Crippen molar-refractivity contribution in [1.82, 2.24) is 14.5 Å². The molecule has 130 valence electrons. The first-order valence-corrected chi connectivity index (χ1v) is 7.61. The third-order valence-electron chi connectivity index (χ3n) is 3.98. The lowest BCUT2D eigenvalue weighted by Crippen LogP contribution is -2.33. The summed E-state index contributed by atoms with van der Waals surface area (Å²) in [6.45, 7) is -3.01. The van der Waals surface area contributed by atoms with E-state index in [-0.39, 0.29) is 16.7 Å². The number of H-pyrrole nitrogens is 1. The molecule has 2 aromatic heterocycles. The number of aromatic amines is 1. The zero-order chi connectivity index (χ0) is 18.3. The highest BCUT2D eigenvalue weighted by atomic mass is 19.3. The third-order valence-corrected chi connectivity index (χ3v) is 3.98. The molecule has 4 rings (SSSR count). The Balaban J connectivity index is 2.03. The first-order valence-electron chi connectivity index (χ1n) is 7.61. The maximum absolute atomic E-state index is 12.9. The van der Waals surface area contributed by atoms with Gasteiger partial charge in [-0.25, -0.2) is 9.36 Å². The molecule has 0 saturated carbocycles. The SMILES string of the molecule is O=c1[nH]c2ccc(OC(F)F)cc2c(=O)n1-c1cncc2ccccc12. The Kier molecular flexibility index (Phi) is 3.72. The number of nitrogens with zero attached hydrogens (tertiary/aromatic N) is 2. The van der Waals surface area contributed by atoms with Crippen LogP contribution in [0.2, 0.25) is 0 Å². The Morgan fingerprint density at radius 1 is 1.04 bits per heavy atom. The molecule has 2 aromatic carbocycles. The van der Waals surface area contributed by atoms with Crippen LogP contribution >= 0.6 is 0 Å². The molecular weight excluding hydrogens is 344 g/mol. The van der Waals surface area contributed by atoms with Gasteiger partial charge in [-0.1, -0.05) is 24.3 Å². The van der Waals surface area contributed by atoms with E-state index in [1.165, 1.54) is 24.4 Å². The number of rotatable bonds is 3. The molecule has 26 heavy (non-hydrogen) atoms.